The van der Waals surface area contributed by atoms with Crippen LogP contribution in [0.3, 0.4) is 0 Å². The maximum Gasteiger partial charge on any atom is 0.389 e. The average molecular weight is 235 g/mol. The Balaban J connectivity index is 2.75. The summed E-state index contributed by atoms with van der Waals surface area (Å²) >= 11 is 0. The van der Waals surface area contributed by atoms with Gasteiger partial charge in [-0.05, 0) is 11.8 Å². The standard InChI is InChI=1S/C11H16F3NO/c1-10(2,3)8(4-6-11(12,13)14)9-5-7-15-16-9/h5,7-8H,4,6H2,1-3H3. The fraction of sp³-hybridized carbons (Fsp3) is 0.727. The molecule has 0 amide bonds. The van der Waals surface area contributed by atoms with Crippen LogP contribution in [0.2, 0.25) is 0 Å². The lowest BCUT2D eigenvalue weighted by molar-refractivity contribution is -0.137. The van der Waals surface area contributed by atoms with Gasteiger partial charge in [-0.15, -0.1) is 0 Å². The molecule has 0 fully saturated rings. The minimum atomic E-state index is -4.12. The highest BCUT2D eigenvalue weighted by Crippen LogP contribution is 2.40. The van der Waals surface area contributed by atoms with E-state index in [1.165, 1.54) is 6.20 Å². The van der Waals surface area contributed by atoms with E-state index in [2.05, 4.69) is 5.16 Å². The second kappa shape index (κ2) is 4.47. The number of hydrogen-bond donors (Lipinski definition) is 0. The molecule has 0 aliphatic carbocycles. The Bertz CT molecular complexity index is 311. The lowest BCUT2D eigenvalue weighted by Crippen LogP contribution is -2.20. The van der Waals surface area contributed by atoms with E-state index in [0.29, 0.717) is 5.76 Å². The molecule has 0 aliphatic rings. The van der Waals surface area contributed by atoms with E-state index < -0.39 is 12.6 Å². The molecule has 1 heterocycles. The van der Waals surface area contributed by atoms with Crippen molar-refractivity contribution in [3.8, 4) is 0 Å². The zero-order chi connectivity index (χ0) is 12.4. The van der Waals surface area contributed by atoms with Crippen molar-refractivity contribution in [3.05, 3.63) is 18.0 Å². The van der Waals surface area contributed by atoms with Crippen LogP contribution in [0.25, 0.3) is 0 Å². The molecule has 0 bridgehead atoms. The topological polar surface area (TPSA) is 26.0 Å². The third-order valence-electron chi connectivity index (χ3n) is 2.56. The van der Waals surface area contributed by atoms with Gasteiger partial charge in [-0.1, -0.05) is 25.9 Å². The first-order valence-electron chi connectivity index (χ1n) is 5.17. The Hall–Kier alpha value is -1.00. The number of hydrogen-bond acceptors (Lipinski definition) is 2. The maximum absolute atomic E-state index is 12.2. The number of aromatic nitrogens is 1. The molecule has 0 aliphatic heterocycles. The van der Waals surface area contributed by atoms with Gasteiger partial charge < -0.3 is 4.52 Å². The van der Waals surface area contributed by atoms with Crippen molar-refractivity contribution in [1.82, 2.24) is 5.16 Å². The molecule has 0 radical (unpaired) electrons. The van der Waals surface area contributed by atoms with E-state index >= 15 is 0 Å². The van der Waals surface area contributed by atoms with Gasteiger partial charge in [0.2, 0.25) is 0 Å². The fourth-order valence-electron chi connectivity index (χ4n) is 1.72. The monoisotopic (exact) mass is 235 g/mol. The summed E-state index contributed by atoms with van der Waals surface area (Å²) in [5, 5.41) is 3.54. The molecule has 1 unspecified atom stereocenters. The smallest absolute Gasteiger partial charge is 0.361 e. The van der Waals surface area contributed by atoms with Crippen molar-refractivity contribution in [3.63, 3.8) is 0 Å². The van der Waals surface area contributed by atoms with Crippen molar-refractivity contribution in [2.24, 2.45) is 5.41 Å². The molecule has 1 rings (SSSR count). The minimum absolute atomic E-state index is 0.0300. The summed E-state index contributed by atoms with van der Waals surface area (Å²) in [6.07, 6.45) is -3.43. The third kappa shape index (κ3) is 3.87. The Morgan fingerprint density at radius 2 is 1.94 bits per heavy atom. The zero-order valence-electron chi connectivity index (χ0n) is 9.64. The molecule has 5 heteroatoms. The largest absolute Gasteiger partial charge is 0.389 e. The zero-order valence-corrected chi connectivity index (χ0v) is 9.64. The summed E-state index contributed by atoms with van der Waals surface area (Å²) in [5.74, 6) is 0.258. The molecular formula is C11H16F3NO. The van der Waals surface area contributed by atoms with Crippen LogP contribution in [-0.2, 0) is 0 Å². The van der Waals surface area contributed by atoms with Crippen LogP contribution in [0.5, 0.6) is 0 Å². The molecule has 0 spiro atoms. The first-order chi connectivity index (χ1) is 7.20. The van der Waals surface area contributed by atoms with Gasteiger partial charge in [-0.2, -0.15) is 13.2 Å². The predicted molar refractivity (Wildman–Crippen MR) is 54.0 cm³/mol. The molecule has 0 saturated carbocycles. The molecule has 92 valence electrons. The number of alkyl halides is 3. The van der Waals surface area contributed by atoms with Crippen LogP contribution < -0.4 is 0 Å². The number of nitrogens with zero attached hydrogens (tertiary/aromatic N) is 1. The SMILES string of the molecule is CC(C)(C)C(CCC(F)(F)F)c1ccno1. The fourth-order valence-corrected chi connectivity index (χ4v) is 1.72. The first kappa shape index (κ1) is 13.1. The van der Waals surface area contributed by atoms with Crippen LogP contribution >= 0.6 is 0 Å². The normalized spacial score (nSPS) is 15.1. The minimum Gasteiger partial charge on any atom is -0.361 e. The molecule has 1 aromatic rings. The summed E-state index contributed by atoms with van der Waals surface area (Å²) in [7, 11) is 0. The van der Waals surface area contributed by atoms with Gasteiger partial charge in [0.05, 0.1) is 6.20 Å². The van der Waals surface area contributed by atoms with Gasteiger partial charge in [-0.3, -0.25) is 0 Å². The second-order valence-corrected chi connectivity index (χ2v) is 4.99. The maximum atomic E-state index is 12.2. The molecule has 2 nitrogen and oxygen atoms in total. The van der Waals surface area contributed by atoms with Crippen molar-refractivity contribution < 1.29 is 17.7 Å². The summed E-state index contributed by atoms with van der Waals surface area (Å²) in [6.45, 7) is 5.70. The van der Waals surface area contributed by atoms with Crippen LogP contribution in [0.15, 0.2) is 16.8 Å². The Kier molecular flexibility index (Phi) is 3.65. The van der Waals surface area contributed by atoms with E-state index in [1.54, 1.807) is 6.07 Å². The number of halogens is 3. The van der Waals surface area contributed by atoms with Gasteiger partial charge >= 0.3 is 6.18 Å². The van der Waals surface area contributed by atoms with Crippen molar-refractivity contribution in [2.45, 2.75) is 45.7 Å². The van der Waals surface area contributed by atoms with Crippen LogP contribution in [0.4, 0.5) is 13.2 Å². The highest BCUT2D eigenvalue weighted by Gasteiger charge is 2.34. The molecular weight excluding hydrogens is 219 g/mol. The van der Waals surface area contributed by atoms with Crippen LogP contribution in [0.1, 0.15) is 45.3 Å². The first-order valence-corrected chi connectivity index (χ1v) is 5.17. The molecule has 1 aromatic heterocycles. The Morgan fingerprint density at radius 1 is 1.31 bits per heavy atom. The quantitative estimate of drug-likeness (QED) is 0.786. The van der Waals surface area contributed by atoms with Crippen molar-refractivity contribution in [2.75, 3.05) is 0 Å². The van der Waals surface area contributed by atoms with Gasteiger partial charge in [0, 0.05) is 18.4 Å². The van der Waals surface area contributed by atoms with Crippen LogP contribution in [-0.4, -0.2) is 11.3 Å². The van der Waals surface area contributed by atoms with E-state index in [0.717, 1.165) is 0 Å². The summed E-state index contributed by atoms with van der Waals surface area (Å²) in [6, 6.07) is 1.63. The van der Waals surface area contributed by atoms with Crippen molar-refractivity contribution in [1.29, 1.82) is 0 Å². The Labute approximate surface area is 92.8 Å². The molecule has 0 N–H and O–H groups in total. The molecule has 1 atom stereocenters. The van der Waals surface area contributed by atoms with Gasteiger partial charge in [0.1, 0.15) is 5.76 Å². The number of rotatable bonds is 3. The van der Waals surface area contributed by atoms with E-state index in [4.69, 9.17) is 4.52 Å². The van der Waals surface area contributed by atoms with Gasteiger partial charge in [0.15, 0.2) is 0 Å². The van der Waals surface area contributed by atoms with Crippen molar-refractivity contribution >= 4 is 0 Å². The highest BCUT2D eigenvalue weighted by molar-refractivity contribution is 5.06. The average Bonchev–Trinajstić information content (AvgIpc) is 2.52. The van der Waals surface area contributed by atoms with E-state index in [9.17, 15) is 13.2 Å². The lowest BCUT2D eigenvalue weighted by Gasteiger charge is -2.28. The van der Waals surface area contributed by atoms with E-state index in [-0.39, 0.29) is 17.8 Å². The van der Waals surface area contributed by atoms with E-state index in [1.807, 2.05) is 20.8 Å². The predicted octanol–water partition coefficient (Wildman–Crippen LogP) is 4.15. The van der Waals surface area contributed by atoms with Crippen LogP contribution in [0, 0.1) is 5.41 Å². The summed E-state index contributed by atoms with van der Waals surface area (Å²) < 4.78 is 41.6. The van der Waals surface area contributed by atoms with Gasteiger partial charge in [-0.25, -0.2) is 0 Å². The van der Waals surface area contributed by atoms with Gasteiger partial charge in [0.25, 0.3) is 0 Å². The molecule has 16 heavy (non-hydrogen) atoms. The molecule has 0 aromatic carbocycles. The molecule has 0 saturated heterocycles. The summed E-state index contributed by atoms with van der Waals surface area (Å²) in [4.78, 5) is 0. The summed E-state index contributed by atoms with van der Waals surface area (Å²) in [5.41, 5.74) is -0.273. The lowest BCUT2D eigenvalue weighted by atomic mass is 9.76. The highest BCUT2D eigenvalue weighted by atomic mass is 19.4. The third-order valence-corrected chi connectivity index (χ3v) is 2.56. The Morgan fingerprint density at radius 3 is 2.31 bits per heavy atom. The second-order valence-electron chi connectivity index (χ2n) is 4.99.